The van der Waals surface area contributed by atoms with Crippen molar-refractivity contribution in [2.45, 2.75) is 49.1 Å². The smallest absolute Gasteiger partial charge is 0.386 e. The Hall–Kier alpha value is -2.64. The first-order valence-corrected chi connectivity index (χ1v) is 16.1. The number of imidazole rings is 2. The van der Waals surface area contributed by atoms with Gasteiger partial charge in [0.15, 0.2) is 34.8 Å². The number of hydrogen-bond acceptors (Lipinski definition) is 18. The van der Waals surface area contributed by atoms with Gasteiger partial charge in [-0.1, -0.05) is 0 Å². The summed E-state index contributed by atoms with van der Waals surface area (Å²) < 4.78 is 60.5. The van der Waals surface area contributed by atoms with Gasteiger partial charge in [-0.15, -0.1) is 0 Å². The summed E-state index contributed by atoms with van der Waals surface area (Å²) in [5.74, 6) is -0.561. The number of aromatic nitrogens is 8. The van der Waals surface area contributed by atoms with Crippen LogP contribution in [-0.2, 0) is 36.7 Å². The molecule has 0 amide bonds. The molecule has 7 rings (SSSR count). The van der Waals surface area contributed by atoms with Crippen LogP contribution in [0.2, 0.25) is 0 Å². The van der Waals surface area contributed by atoms with E-state index in [2.05, 4.69) is 29.9 Å². The summed E-state index contributed by atoms with van der Waals surface area (Å²) in [6, 6.07) is 0. The molecule has 24 nitrogen and oxygen atoms in total. The zero-order chi connectivity index (χ0) is 32.7. The Morgan fingerprint density at radius 3 is 1.53 bits per heavy atom. The SMILES string of the molecule is Nc1nc2c(ncn2[C@@H]2O[C@@H]3COP(=O)(O)O[C@H]4[C@@H](O)[C@H](n5cnc6c(=O)[nH]c(N)nc65)O[C@@H]4COP(=O)(O)O[C@H]3[C@H]2O)c(=O)[nH]1.[Na]. The number of nitrogen functional groups attached to an aromatic ring is 2. The quantitative estimate of drug-likeness (QED) is 0.0740. The molecule has 2 unspecified atom stereocenters. The average Bonchev–Trinajstić information content (AvgIpc) is 3.72. The van der Waals surface area contributed by atoms with E-state index in [-0.39, 0.29) is 63.8 Å². The number of aliphatic hydroxyl groups excluding tert-OH is 2. The van der Waals surface area contributed by atoms with Gasteiger partial charge in [0, 0.05) is 29.6 Å². The van der Waals surface area contributed by atoms with E-state index in [0.717, 1.165) is 21.8 Å². The van der Waals surface area contributed by atoms with Crippen molar-refractivity contribution in [1.82, 2.24) is 39.0 Å². The predicted molar refractivity (Wildman–Crippen MR) is 152 cm³/mol. The number of nitrogens with two attached hydrogens (primary N) is 2. The Morgan fingerprint density at radius 2 is 1.15 bits per heavy atom. The molecule has 1 radical (unpaired) electrons. The molecule has 3 aliphatic heterocycles. The zero-order valence-corrected chi connectivity index (χ0v) is 27.6. The minimum atomic E-state index is -5.10. The van der Waals surface area contributed by atoms with Crippen LogP contribution in [0.25, 0.3) is 22.3 Å². The van der Waals surface area contributed by atoms with E-state index in [1.54, 1.807) is 0 Å². The number of H-pyrrole nitrogens is 2. The Labute approximate surface area is 281 Å². The number of phosphoric acid groups is 2. The van der Waals surface area contributed by atoms with Crippen LogP contribution >= 0.6 is 15.6 Å². The van der Waals surface area contributed by atoms with Gasteiger partial charge in [-0.2, -0.15) is 9.97 Å². The molecule has 7 heterocycles. The number of fused-ring (bicyclic) bond motifs is 4. The van der Waals surface area contributed by atoms with Crippen LogP contribution in [0.15, 0.2) is 22.2 Å². The van der Waals surface area contributed by atoms with E-state index in [4.69, 9.17) is 39.0 Å². The second-order valence-corrected chi connectivity index (χ2v) is 13.1. The number of phosphoric ester groups is 2. The maximum absolute atomic E-state index is 13.1. The molecular weight excluding hydrogens is 689 g/mol. The van der Waals surface area contributed by atoms with Crippen LogP contribution in [0.5, 0.6) is 0 Å². The van der Waals surface area contributed by atoms with Crippen molar-refractivity contribution < 1.29 is 56.7 Å². The van der Waals surface area contributed by atoms with Crippen LogP contribution in [-0.4, -0.2) is 138 Å². The number of rotatable bonds is 2. The number of nitrogens with one attached hydrogen (secondary N) is 2. The van der Waals surface area contributed by atoms with Gasteiger partial charge in [0.2, 0.25) is 11.9 Å². The van der Waals surface area contributed by atoms with Crippen molar-refractivity contribution in [3.63, 3.8) is 0 Å². The first-order chi connectivity index (χ1) is 21.7. The third kappa shape index (κ3) is 6.20. The van der Waals surface area contributed by atoms with E-state index in [1.807, 2.05) is 0 Å². The molecule has 0 aromatic carbocycles. The van der Waals surface area contributed by atoms with Gasteiger partial charge >= 0.3 is 15.6 Å². The molecule has 10 N–H and O–H groups in total. The molecule has 249 valence electrons. The summed E-state index contributed by atoms with van der Waals surface area (Å²) in [5, 5.41) is 22.2. The fraction of sp³-hybridized carbons (Fsp3) is 0.500. The molecule has 4 aromatic heterocycles. The topological polar surface area (TPSA) is 350 Å². The Balaban J connectivity index is 0.00000386. The first kappa shape index (κ1) is 34.2. The van der Waals surface area contributed by atoms with E-state index in [1.165, 1.54) is 0 Å². The Morgan fingerprint density at radius 1 is 0.766 bits per heavy atom. The van der Waals surface area contributed by atoms with Crippen LogP contribution in [0.1, 0.15) is 12.5 Å². The van der Waals surface area contributed by atoms with Gasteiger partial charge in [-0.05, 0) is 0 Å². The fourth-order valence-electron chi connectivity index (χ4n) is 5.39. The largest absolute Gasteiger partial charge is 0.472 e. The summed E-state index contributed by atoms with van der Waals surface area (Å²) in [6.45, 7) is -1.74. The minimum absolute atomic E-state index is 0. The maximum atomic E-state index is 13.1. The van der Waals surface area contributed by atoms with Gasteiger partial charge in [-0.3, -0.25) is 46.8 Å². The predicted octanol–water partition coefficient (Wildman–Crippen LogP) is -3.43. The number of aliphatic hydroxyl groups is 2. The van der Waals surface area contributed by atoms with Crippen LogP contribution in [0, 0.1) is 0 Å². The third-order valence-electron chi connectivity index (χ3n) is 7.38. The molecule has 4 aromatic rings. The van der Waals surface area contributed by atoms with Gasteiger partial charge in [0.05, 0.1) is 25.9 Å². The zero-order valence-electron chi connectivity index (χ0n) is 23.8. The van der Waals surface area contributed by atoms with Gasteiger partial charge in [0.25, 0.3) is 11.1 Å². The number of nitrogens with zero attached hydrogens (tertiary/aromatic N) is 6. The van der Waals surface area contributed by atoms with Gasteiger partial charge in [-0.25, -0.2) is 19.1 Å². The van der Waals surface area contributed by atoms with Crippen LogP contribution < -0.4 is 22.6 Å². The first-order valence-electron chi connectivity index (χ1n) is 13.1. The molecule has 47 heavy (non-hydrogen) atoms. The number of ether oxygens (including phenoxy) is 2. The fourth-order valence-corrected chi connectivity index (χ4v) is 7.32. The number of aromatic amines is 2. The summed E-state index contributed by atoms with van der Waals surface area (Å²) >= 11 is 0. The molecule has 0 aliphatic carbocycles. The molecule has 0 spiro atoms. The van der Waals surface area contributed by atoms with Crippen molar-refractivity contribution in [2.24, 2.45) is 0 Å². The van der Waals surface area contributed by atoms with Gasteiger partial charge in [0.1, 0.15) is 36.6 Å². The molecule has 0 saturated carbocycles. The maximum Gasteiger partial charge on any atom is 0.472 e. The van der Waals surface area contributed by atoms with Crippen molar-refractivity contribution in [2.75, 3.05) is 24.7 Å². The molecule has 0 bridgehead atoms. The van der Waals surface area contributed by atoms with E-state index >= 15 is 0 Å². The molecule has 3 fully saturated rings. The van der Waals surface area contributed by atoms with Crippen molar-refractivity contribution >= 4 is 79.4 Å². The second-order valence-electron chi connectivity index (χ2n) is 10.3. The van der Waals surface area contributed by atoms with E-state index in [0.29, 0.717) is 0 Å². The van der Waals surface area contributed by atoms with Crippen molar-refractivity contribution in [1.29, 1.82) is 0 Å². The third-order valence-corrected chi connectivity index (χ3v) is 9.35. The Kier molecular flexibility index (Phi) is 9.00. The summed E-state index contributed by atoms with van der Waals surface area (Å²) in [6.07, 6.45) is -10.9. The monoisotopic (exact) mass is 713 g/mol. The normalized spacial score (nSPS) is 36.3. The molecular formula is C20H24N10NaO14P2. The molecule has 10 atom stereocenters. The summed E-state index contributed by atoms with van der Waals surface area (Å²) in [5.41, 5.74) is 9.28. The van der Waals surface area contributed by atoms with E-state index < -0.39 is 89.1 Å². The molecule has 3 saturated heterocycles. The minimum Gasteiger partial charge on any atom is -0.386 e. The van der Waals surface area contributed by atoms with E-state index in [9.17, 15) is 38.7 Å². The molecule has 3 aliphatic rings. The number of anilines is 2. The number of hydrogen-bond donors (Lipinski definition) is 8. The summed E-state index contributed by atoms with van der Waals surface area (Å²) in [7, 11) is -10.2. The summed E-state index contributed by atoms with van der Waals surface area (Å²) in [4.78, 5) is 65.9. The Bertz CT molecular complexity index is 1910. The standard InChI is InChI=1S/C20H24N10O14P2.Na/c21-19-25-13-7(15(33)27-19)23-3-29(13)17-9(31)11-5(41-17)1-39-45(35,36)44-12-6(2-40-46(37,38)43-11)42-18(10(12)32)30-4-24-8-14(30)26-20(22)28-16(8)34;/h3-6,9-12,17-18,31-32H,1-2H2,(H,35,36)(H,37,38)(H3,21,25,27,33)(H3,22,26,28,34);/t5-,6-,9-,10-,11-,12-,17-,18-;/m1./s1. The van der Waals surface area contributed by atoms with Crippen molar-refractivity contribution in [3.05, 3.63) is 33.4 Å². The van der Waals surface area contributed by atoms with Crippen LogP contribution in [0.3, 0.4) is 0 Å². The second kappa shape index (κ2) is 12.4. The average molecular weight is 713 g/mol. The van der Waals surface area contributed by atoms with Crippen molar-refractivity contribution in [3.8, 4) is 0 Å². The van der Waals surface area contributed by atoms with Gasteiger partial charge < -0.3 is 40.9 Å². The molecule has 27 heteroatoms. The van der Waals surface area contributed by atoms with Crippen LogP contribution in [0.4, 0.5) is 11.9 Å².